The highest BCUT2D eigenvalue weighted by atomic mass is 16.7. The second kappa shape index (κ2) is 5.42. The van der Waals surface area contributed by atoms with Gasteiger partial charge in [-0.2, -0.15) is 0 Å². The zero-order valence-corrected chi connectivity index (χ0v) is 15.6. The fourth-order valence-electron chi connectivity index (χ4n) is 5.05. The topological polar surface area (TPSA) is 35.5 Å². The average Bonchev–Trinajstić information content (AvgIpc) is 2.63. The first-order chi connectivity index (χ1) is 10.6. The number of carbonyl (C=O) groups is 1. The molecular weight excluding hydrogens is 288 g/mol. The van der Waals surface area contributed by atoms with Gasteiger partial charge in [-0.05, 0) is 44.4 Å². The lowest BCUT2D eigenvalue weighted by Crippen LogP contribution is -2.53. The van der Waals surface area contributed by atoms with Crippen LogP contribution in [0.4, 0.5) is 0 Å². The molecule has 1 fully saturated rings. The van der Waals surface area contributed by atoms with Crippen LogP contribution < -0.4 is 0 Å². The molecule has 2 aliphatic carbocycles. The lowest BCUT2D eigenvalue weighted by molar-refractivity contribution is -0.204. The Kier molecular flexibility index (Phi) is 4.04. The van der Waals surface area contributed by atoms with Crippen molar-refractivity contribution < 1.29 is 14.3 Å². The van der Waals surface area contributed by atoms with Crippen molar-refractivity contribution in [1.29, 1.82) is 0 Å². The van der Waals surface area contributed by atoms with Crippen LogP contribution in [0.3, 0.4) is 0 Å². The van der Waals surface area contributed by atoms with E-state index in [0.29, 0.717) is 19.1 Å². The molecule has 3 rings (SSSR count). The average molecular weight is 320 g/mol. The molecule has 0 aromatic carbocycles. The number of hydrogen-bond acceptors (Lipinski definition) is 3. The molecule has 4 atom stereocenters. The highest BCUT2D eigenvalue weighted by Crippen LogP contribution is 2.61. The third kappa shape index (κ3) is 2.51. The Morgan fingerprint density at radius 2 is 1.74 bits per heavy atom. The maximum Gasteiger partial charge on any atom is 0.162 e. The van der Waals surface area contributed by atoms with Crippen LogP contribution in [0.25, 0.3) is 0 Å². The van der Waals surface area contributed by atoms with E-state index in [2.05, 4.69) is 27.7 Å². The van der Waals surface area contributed by atoms with Crippen LogP contribution in [0.1, 0.15) is 60.8 Å². The fourth-order valence-corrected chi connectivity index (χ4v) is 5.05. The van der Waals surface area contributed by atoms with E-state index in [9.17, 15) is 4.79 Å². The van der Waals surface area contributed by atoms with E-state index in [1.165, 1.54) is 18.3 Å². The Labute approximate surface area is 140 Å². The minimum Gasteiger partial charge on any atom is -0.350 e. The van der Waals surface area contributed by atoms with Gasteiger partial charge in [-0.3, -0.25) is 0 Å². The first kappa shape index (κ1) is 17.2. The molecule has 1 aliphatic heterocycles. The standard InChI is InChI=1S/C20H32O3/c1-13-7-8-16-14(9-13)15-10-22-19(4,5)23-11-17(15)20(6,12-21)18(16,2)3/h12-13,15,17H,7-11H2,1-6H3/t13-,15+,17+,20+/m1/s1. The van der Waals surface area contributed by atoms with Crippen LogP contribution in [0.5, 0.6) is 0 Å². The normalized spacial score (nSPS) is 42.4. The van der Waals surface area contributed by atoms with Crippen molar-refractivity contribution in [3.63, 3.8) is 0 Å². The Hall–Kier alpha value is -0.670. The van der Waals surface area contributed by atoms with Gasteiger partial charge in [0.2, 0.25) is 0 Å². The first-order valence-corrected chi connectivity index (χ1v) is 9.09. The van der Waals surface area contributed by atoms with Gasteiger partial charge in [-0.1, -0.05) is 38.8 Å². The molecule has 0 unspecified atom stereocenters. The van der Waals surface area contributed by atoms with E-state index < -0.39 is 11.2 Å². The molecule has 23 heavy (non-hydrogen) atoms. The van der Waals surface area contributed by atoms with Crippen LogP contribution in [0.15, 0.2) is 11.1 Å². The Balaban J connectivity index is 2.12. The fraction of sp³-hybridized carbons (Fsp3) is 0.850. The molecule has 0 amide bonds. The van der Waals surface area contributed by atoms with Gasteiger partial charge >= 0.3 is 0 Å². The summed E-state index contributed by atoms with van der Waals surface area (Å²) in [6.07, 6.45) is 4.71. The van der Waals surface area contributed by atoms with Crippen molar-refractivity contribution in [2.24, 2.45) is 28.6 Å². The van der Waals surface area contributed by atoms with E-state index in [0.717, 1.165) is 18.8 Å². The van der Waals surface area contributed by atoms with E-state index >= 15 is 0 Å². The van der Waals surface area contributed by atoms with Gasteiger partial charge in [0, 0.05) is 17.3 Å². The summed E-state index contributed by atoms with van der Waals surface area (Å²) in [5.74, 6) is 0.674. The largest absolute Gasteiger partial charge is 0.350 e. The Bertz CT molecular complexity index is 531. The predicted octanol–water partition coefficient (Wildman–Crippen LogP) is 4.36. The van der Waals surface area contributed by atoms with Gasteiger partial charge in [0.15, 0.2) is 5.79 Å². The molecule has 0 radical (unpaired) electrons. The molecular formula is C20H32O3. The maximum absolute atomic E-state index is 12.2. The lowest BCUT2D eigenvalue weighted by atomic mass is 9.48. The first-order valence-electron chi connectivity index (χ1n) is 9.09. The second-order valence-electron chi connectivity index (χ2n) is 9.11. The van der Waals surface area contributed by atoms with Crippen LogP contribution in [0.2, 0.25) is 0 Å². The third-order valence-corrected chi connectivity index (χ3v) is 7.11. The summed E-state index contributed by atoms with van der Waals surface area (Å²) < 4.78 is 12.1. The molecule has 3 nitrogen and oxygen atoms in total. The van der Waals surface area contributed by atoms with Crippen molar-refractivity contribution in [3.05, 3.63) is 11.1 Å². The zero-order chi connectivity index (χ0) is 17.0. The second-order valence-corrected chi connectivity index (χ2v) is 9.11. The highest BCUT2D eigenvalue weighted by Gasteiger charge is 2.57. The molecule has 0 bridgehead atoms. The summed E-state index contributed by atoms with van der Waals surface area (Å²) in [5, 5.41) is 0. The van der Waals surface area contributed by atoms with Crippen LogP contribution in [-0.4, -0.2) is 25.3 Å². The summed E-state index contributed by atoms with van der Waals surface area (Å²) in [6, 6.07) is 0. The van der Waals surface area contributed by atoms with Crippen LogP contribution in [0, 0.1) is 28.6 Å². The molecule has 0 N–H and O–H groups in total. The van der Waals surface area contributed by atoms with Crippen molar-refractivity contribution in [1.82, 2.24) is 0 Å². The van der Waals surface area contributed by atoms with Crippen molar-refractivity contribution >= 4 is 6.29 Å². The number of aldehydes is 1. The van der Waals surface area contributed by atoms with Gasteiger partial charge in [0.25, 0.3) is 0 Å². The Morgan fingerprint density at radius 3 is 2.39 bits per heavy atom. The van der Waals surface area contributed by atoms with E-state index in [-0.39, 0.29) is 11.3 Å². The van der Waals surface area contributed by atoms with Crippen molar-refractivity contribution in [3.8, 4) is 0 Å². The third-order valence-electron chi connectivity index (χ3n) is 7.11. The van der Waals surface area contributed by atoms with Gasteiger partial charge < -0.3 is 14.3 Å². The number of fused-ring (bicyclic) bond motifs is 2. The minimum absolute atomic E-state index is 0.108. The minimum atomic E-state index is -0.563. The summed E-state index contributed by atoms with van der Waals surface area (Å²) in [6.45, 7) is 14.2. The van der Waals surface area contributed by atoms with Gasteiger partial charge in [-0.25, -0.2) is 0 Å². The monoisotopic (exact) mass is 320 g/mol. The SMILES string of the molecule is C[C@@H]1CCC2=C(C1)[C@@H]1COC(C)(C)OC[C@@H]1[C@](C)(C=O)C2(C)C. The quantitative estimate of drug-likeness (QED) is 0.532. The molecule has 3 aliphatic rings. The summed E-state index contributed by atoms with van der Waals surface area (Å²) >= 11 is 0. The predicted molar refractivity (Wildman–Crippen MR) is 91.0 cm³/mol. The van der Waals surface area contributed by atoms with Gasteiger partial charge in [0.1, 0.15) is 6.29 Å². The van der Waals surface area contributed by atoms with E-state index in [4.69, 9.17) is 9.47 Å². The highest BCUT2D eigenvalue weighted by molar-refractivity contribution is 5.64. The van der Waals surface area contributed by atoms with Gasteiger partial charge in [0.05, 0.1) is 13.2 Å². The molecule has 0 spiro atoms. The summed E-state index contributed by atoms with van der Waals surface area (Å²) in [7, 11) is 0. The molecule has 1 saturated heterocycles. The lowest BCUT2D eigenvalue weighted by Gasteiger charge is -2.56. The van der Waals surface area contributed by atoms with Gasteiger partial charge in [-0.15, -0.1) is 0 Å². The smallest absolute Gasteiger partial charge is 0.162 e. The summed E-state index contributed by atoms with van der Waals surface area (Å²) in [5.41, 5.74) is 2.58. The Morgan fingerprint density at radius 1 is 1.09 bits per heavy atom. The molecule has 1 heterocycles. The molecule has 3 heteroatoms. The number of allylic oxidation sites excluding steroid dienone is 1. The van der Waals surface area contributed by atoms with E-state index in [1.54, 1.807) is 5.57 Å². The summed E-state index contributed by atoms with van der Waals surface area (Å²) in [4.78, 5) is 12.2. The maximum atomic E-state index is 12.2. The van der Waals surface area contributed by atoms with Crippen molar-refractivity contribution in [2.75, 3.05) is 13.2 Å². The number of hydrogen-bond donors (Lipinski definition) is 0. The number of ether oxygens (including phenoxy) is 2. The van der Waals surface area contributed by atoms with E-state index in [1.807, 2.05) is 13.8 Å². The molecule has 130 valence electrons. The number of rotatable bonds is 1. The number of carbonyl (C=O) groups excluding carboxylic acids is 1. The van der Waals surface area contributed by atoms with Crippen LogP contribution in [-0.2, 0) is 14.3 Å². The van der Waals surface area contributed by atoms with Crippen LogP contribution >= 0.6 is 0 Å². The zero-order valence-electron chi connectivity index (χ0n) is 15.6. The molecule has 0 aromatic heterocycles. The molecule has 0 aromatic rings. The molecule has 0 saturated carbocycles. The van der Waals surface area contributed by atoms with Crippen molar-refractivity contribution in [2.45, 2.75) is 66.6 Å².